The van der Waals surface area contributed by atoms with Gasteiger partial charge in [0.1, 0.15) is 12.4 Å². The number of cyclic esters (lactones) is 1. The van der Waals surface area contributed by atoms with Crippen molar-refractivity contribution in [1.29, 1.82) is 0 Å². The van der Waals surface area contributed by atoms with Gasteiger partial charge in [0.15, 0.2) is 6.10 Å². The smallest absolute Gasteiger partial charge is 0.414 e. The first-order valence-electron chi connectivity index (χ1n) is 8.97. The molecule has 1 aliphatic carbocycles. The van der Waals surface area contributed by atoms with E-state index in [1.54, 1.807) is 12.1 Å². The van der Waals surface area contributed by atoms with Gasteiger partial charge >= 0.3 is 12.0 Å². The number of benzene rings is 1. The van der Waals surface area contributed by atoms with Crippen LogP contribution in [0.25, 0.3) is 0 Å². The van der Waals surface area contributed by atoms with Gasteiger partial charge in [-0.3, -0.25) is 4.90 Å². The molecule has 2 amide bonds. The van der Waals surface area contributed by atoms with E-state index in [9.17, 15) is 19.2 Å². The van der Waals surface area contributed by atoms with E-state index in [0.29, 0.717) is 23.2 Å². The second kappa shape index (κ2) is 6.61. The van der Waals surface area contributed by atoms with Gasteiger partial charge in [0.05, 0.1) is 19.2 Å². The average Bonchev–Trinajstić information content (AvgIpc) is 3.30. The number of anilines is 1. The third-order valence-corrected chi connectivity index (χ3v) is 5.74. The van der Waals surface area contributed by atoms with Gasteiger partial charge in [-0.05, 0) is 48.9 Å². The van der Waals surface area contributed by atoms with Crippen molar-refractivity contribution in [2.24, 2.45) is 5.92 Å². The van der Waals surface area contributed by atoms with Crippen LogP contribution in [0.2, 0.25) is 0 Å². The summed E-state index contributed by atoms with van der Waals surface area (Å²) in [6.45, 7) is 2.11. The van der Waals surface area contributed by atoms with E-state index in [1.807, 2.05) is 0 Å². The second-order valence-electron chi connectivity index (χ2n) is 7.45. The molecule has 140 valence electrons. The molecule has 2 bridgehead atoms. The molecule has 5 atom stereocenters. The van der Waals surface area contributed by atoms with Crippen LogP contribution in [0, 0.1) is 16.9 Å². The molecule has 1 aromatic carbocycles. The summed E-state index contributed by atoms with van der Waals surface area (Å²) >= 11 is 0. The lowest BCUT2D eigenvalue weighted by Gasteiger charge is -2.24. The summed E-state index contributed by atoms with van der Waals surface area (Å²) in [7, 11) is 0. The number of piperidine rings is 1. The first-order chi connectivity index (χ1) is 12.4. The normalized spacial score (nSPS) is 31.3. The third kappa shape index (κ3) is 3.08. The van der Waals surface area contributed by atoms with Crippen LogP contribution in [0.3, 0.4) is 0 Å². The number of rotatable bonds is 4. The molecular formula is C18H22FN3O4. The predicted molar refractivity (Wildman–Crippen MR) is 91.1 cm³/mol. The van der Waals surface area contributed by atoms with Gasteiger partial charge in [0, 0.05) is 6.04 Å². The fraction of sp³-hybridized carbons (Fsp3) is 0.556. The van der Waals surface area contributed by atoms with Crippen LogP contribution in [-0.4, -0.2) is 43.8 Å². The molecule has 8 heteroatoms. The lowest BCUT2D eigenvalue weighted by atomic mass is 9.87. The molecular weight excluding hydrogens is 341 g/mol. The number of carbonyl (C=O) groups excluding carboxylic acids is 2. The summed E-state index contributed by atoms with van der Waals surface area (Å²) in [6.07, 6.45) is 0.735. The Hall–Kier alpha value is -2.03. The van der Waals surface area contributed by atoms with Gasteiger partial charge in [-0.15, -0.1) is 0 Å². The van der Waals surface area contributed by atoms with E-state index in [0.717, 1.165) is 19.4 Å². The molecule has 26 heavy (non-hydrogen) atoms. The van der Waals surface area contributed by atoms with Crippen LogP contribution in [0.5, 0.6) is 0 Å². The number of nitrogens with one attached hydrogen (secondary N) is 2. The monoisotopic (exact) mass is 363 g/mol. The summed E-state index contributed by atoms with van der Waals surface area (Å²) in [5.41, 5.74) is 1.12. The lowest BCUT2D eigenvalue weighted by Crippen LogP contribution is -3.10. The molecule has 0 spiro atoms. The molecule has 3 unspecified atom stereocenters. The van der Waals surface area contributed by atoms with Gasteiger partial charge in [-0.1, -0.05) is 6.07 Å². The molecule has 7 nitrogen and oxygen atoms in total. The maximum Gasteiger partial charge on any atom is 0.414 e. The number of hydrogen-bond acceptors (Lipinski definition) is 5. The quantitative estimate of drug-likeness (QED) is 0.763. The Balaban J connectivity index is 1.47. The fourth-order valence-electron chi connectivity index (χ4n) is 4.39. The highest BCUT2D eigenvalue weighted by molar-refractivity contribution is 5.89. The largest absolute Gasteiger partial charge is 0.627 e. The Kier molecular flexibility index (Phi) is 4.42. The summed E-state index contributed by atoms with van der Waals surface area (Å²) in [5.74, 6) is -0.174. The average molecular weight is 363 g/mol. The van der Waals surface area contributed by atoms with Crippen molar-refractivity contribution < 1.29 is 23.8 Å². The minimum Gasteiger partial charge on any atom is -0.627 e. The number of fused-ring (bicyclic) bond motifs is 2. The molecule has 2 heterocycles. The van der Waals surface area contributed by atoms with Gasteiger partial charge in [-0.25, -0.2) is 14.0 Å². The van der Waals surface area contributed by atoms with Crippen molar-refractivity contribution in [3.05, 3.63) is 34.8 Å². The lowest BCUT2D eigenvalue weighted by molar-refractivity contribution is -0.768. The summed E-state index contributed by atoms with van der Waals surface area (Å²) in [5, 5.41) is 14.4. The van der Waals surface area contributed by atoms with E-state index < -0.39 is 23.2 Å². The van der Waals surface area contributed by atoms with E-state index in [1.165, 1.54) is 17.9 Å². The molecule has 1 saturated carbocycles. The van der Waals surface area contributed by atoms with E-state index in [2.05, 4.69) is 5.32 Å². The first-order valence-corrected chi connectivity index (χ1v) is 8.97. The molecule has 2 saturated heterocycles. The molecule has 2 aliphatic heterocycles. The van der Waals surface area contributed by atoms with Crippen molar-refractivity contribution in [1.82, 2.24) is 5.32 Å². The molecule has 3 aliphatic rings. The zero-order chi connectivity index (χ0) is 18.4. The van der Waals surface area contributed by atoms with E-state index in [-0.39, 0.29) is 24.8 Å². The predicted octanol–water partition coefficient (Wildman–Crippen LogP) is 0.546. The number of carbonyl (C=O) groups is 2. The van der Waals surface area contributed by atoms with Gasteiger partial charge < -0.3 is 20.3 Å². The van der Waals surface area contributed by atoms with E-state index in [4.69, 9.17) is 4.74 Å². The standard InChI is InChI=1S/C18H22FN3O4/c1-10(23)22(25)9-14-8-21(18(24)26-14)13-2-3-15(17(19)6-13)16-5-12-4-11(16)7-20-12/h2-3,6,11-12,14,16,20,22H,4-5,7-9H2,1H3/t11-,12-,14?,16?/m1/s1. The minimum atomic E-state index is -0.682. The van der Waals surface area contributed by atoms with Gasteiger partial charge in [-0.2, -0.15) is 0 Å². The number of ether oxygens (including phenoxy) is 1. The number of halogens is 1. The zero-order valence-corrected chi connectivity index (χ0v) is 14.5. The molecule has 2 N–H and O–H groups in total. The SMILES string of the molecule is CC(=O)[NH+]([O-])CC1CN(c2ccc(C3C[C@H]4C[C@@H]3CN4)c(F)c2)C(=O)O1. The van der Waals surface area contributed by atoms with Crippen LogP contribution in [0.1, 0.15) is 31.2 Å². The van der Waals surface area contributed by atoms with Crippen LogP contribution in [0.15, 0.2) is 18.2 Å². The first kappa shape index (κ1) is 17.4. The number of quaternary nitrogens is 1. The maximum atomic E-state index is 14.7. The Labute approximate surface area is 150 Å². The number of hydrogen-bond donors (Lipinski definition) is 2. The Bertz CT molecular complexity index is 743. The third-order valence-electron chi connectivity index (χ3n) is 5.74. The van der Waals surface area contributed by atoms with Crippen molar-refractivity contribution in [3.8, 4) is 0 Å². The molecule has 0 radical (unpaired) electrons. The fourth-order valence-corrected chi connectivity index (χ4v) is 4.39. The summed E-state index contributed by atoms with van der Waals surface area (Å²) in [6, 6.07) is 5.34. The number of nitrogens with zero attached hydrogens (tertiary/aromatic N) is 1. The van der Waals surface area contributed by atoms with Gasteiger partial charge in [0.25, 0.3) is 0 Å². The highest BCUT2D eigenvalue weighted by atomic mass is 19.1. The molecule has 3 fully saturated rings. The van der Waals surface area contributed by atoms with Crippen LogP contribution < -0.4 is 15.3 Å². The Morgan fingerprint density at radius 3 is 2.88 bits per heavy atom. The maximum absolute atomic E-state index is 14.7. The van der Waals surface area contributed by atoms with Gasteiger partial charge in [0.2, 0.25) is 0 Å². The number of hydroxylamine groups is 2. The number of amides is 2. The summed E-state index contributed by atoms with van der Waals surface area (Å²) < 4.78 is 19.9. The van der Waals surface area contributed by atoms with E-state index >= 15 is 0 Å². The van der Waals surface area contributed by atoms with Crippen LogP contribution in [-0.2, 0) is 9.53 Å². The second-order valence-corrected chi connectivity index (χ2v) is 7.45. The Morgan fingerprint density at radius 2 is 2.27 bits per heavy atom. The molecule has 0 aromatic heterocycles. The van der Waals surface area contributed by atoms with Crippen LogP contribution >= 0.6 is 0 Å². The van der Waals surface area contributed by atoms with Crippen molar-refractivity contribution in [3.63, 3.8) is 0 Å². The Morgan fingerprint density at radius 1 is 1.46 bits per heavy atom. The minimum absolute atomic E-state index is 0.134. The summed E-state index contributed by atoms with van der Waals surface area (Å²) in [4.78, 5) is 24.5. The molecule has 1 aromatic rings. The van der Waals surface area contributed by atoms with Crippen molar-refractivity contribution in [2.45, 2.75) is 37.8 Å². The highest BCUT2D eigenvalue weighted by Crippen LogP contribution is 2.44. The topological polar surface area (TPSA) is 86.1 Å². The molecule has 4 rings (SSSR count). The zero-order valence-electron chi connectivity index (χ0n) is 14.5. The highest BCUT2D eigenvalue weighted by Gasteiger charge is 2.41. The van der Waals surface area contributed by atoms with Crippen LogP contribution in [0.4, 0.5) is 14.9 Å². The van der Waals surface area contributed by atoms with Crippen molar-refractivity contribution in [2.75, 3.05) is 24.5 Å². The van der Waals surface area contributed by atoms with Crippen molar-refractivity contribution >= 4 is 17.7 Å².